The third-order valence-electron chi connectivity index (χ3n) is 3.62. The van der Waals surface area contributed by atoms with Gasteiger partial charge in [-0.25, -0.2) is 8.42 Å². The van der Waals surface area contributed by atoms with Gasteiger partial charge < -0.3 is 5.73 Å². The molecule has 1 saturated heterocycles. The van der Waals surface area contributed by atoms with Crippen molar-refractivity contribution in [1.82, 2.24) is 14.3 Å². The molecule has 106 valence electrons. The zero-order valence-corrected chi connectivity index (χ0v) is 11.9. The number of hydrogen-bond donors (Lipinski definition) is 1. The molecule has 1 aromatic rings. The molecule has 0 spiro atoms. The van der Waals surface area contributed by atoms with Crippen LogP contribution in [0.4, 0.5) is 0 Å². The van der Waals surface area contributed by atoms with Gasteiger partial charge in [0.2, 0.25) is 10.0 Å². The Kier molecular flexibility index (Phi) is 4.49. The Morgan fingerprint density at radius 2 is 2.26 bits per heavy atom. The standard InChI is InChI=1S/C12H20N4O2S/c1-10(12-9-14-5-6-15-12)19(17,18)16-7-3-2-4-11(16)8-13/h5-6,9-11H,2-4,7-8,13H2,1H3/t10-,11-/m0/s1. The summed E-state index contributed by atoms with van der Waals surface area (Å²) < 4.78 is 26.9. The van der Waals surface area contributed by atoms with Gasteiger partial charge in [-0.1, -0.05) is 6.42 Å². The smallest absolute Gasteiger partial charge is 0.222 e. The third kappa shape index (κ3) is 2.93. The van der Waals surface area contributed by atoms with E-state index in [0.717, 1.165) is 19.3 Å². The van der Waals surface area contributed by atoms with Crippen LogP contribution in [0.1, 0.15) is 37.1 Å². The number of nitrogens with zero attached hydrogens (tertiary/aromatic N) is 3. The fourth-order valence-corrected chi connectivity index (χ4v) is 4.24. The predicted octanol–water partition coefficient (Wildman–Crippen LogP) is 0.681. The highest BCUT2D eigenvalue weighted by Crippen LogP contribution is 2.28. The quantitative estimate of drug-likeness (QED) is 0.878. The van der Waals surface area contributed by atoms with E-state index < -0.39 is 15.3 Å². The maximum atomic E-state index is 12.7. The van der Waals surface area contributed by atoms with E-state index in [1.807, 2.05) is 0 Å². The van der Waals surface area contributed by atoms with E-state index in [9.17, 15) is 8.42 Å². The lowest BCUT2D eigenvalue weighted by atomic mass is 10.1. The highest BCUT2D eigenvalue weighted by molar-refractivity contribution is 7.89. The summed E-state index contributed by atoms with van der Waals surface area (Å²) in [6, 6.07) is -0.0853. The highest BCUT2D eigenvalue weighted by Gasteiger charge is 2.36. The molecule has 19 heavy (non-hydrogen) atoms. The average molecular weight is 284 g/mol. The molecule has 0 radical (unpaired) electrons. The van der Waals surface area contributed by atoms with Crippen LogP contribution < -0.4 is 5.73 Å². The number of hydrogen-bond acceptors (Lipinski definition) is 5. The van der Waals surface area contributed by atoms with Crippen molar-refractivity contribution in [3.63, 3.8) is 0 Å². The molecule has 6 nitrogen and oxygen atoms in total. The Bertz CT molecular complexity index is 506. The molecule has 2 rings (SSSR count). The van der Waals surface area contributed by atoms with Gasteiger partial charge in [0.25, 0.3) is 0 Å². The van der Waals surface area contributed by atoms with Gasteiger partial charge >= 0.3 is 0 Å². The molecule has 1 aliphatic heterocycles. The topological polar surface area (TPSA) is 89.2 Å². The first-order chi connectivity index (χ1) is 9.07. The van der Waals surface area contributed by atoms with Crippen molar-refractivity contribution in [2.75, 3.05) is 13.1 Å². The monoisotopic (exact) mass is 284 g/mol. The molecule has 1 aliphatic rings. The van der Waals surface area contributed by atoms with Crippen molar-refractivity contribution in [3.8, 4) is 0 Å². The van der Waals surface area contributed by atoms with Crippen molar-refractivity contribution in [1.29, 1.82) is 0 Å². The molecular formula is C12H20N4O2S. The number of rotatable bonds is 4. The molecule has 7 heteroatoms. The van der Waals surface area contributed by atoms with Crippen molar-refractivity contribution in [3.05, 3.63) is 24.3 Å². The number of aromatic nitrogens is 2. The number of sulfonamides is 1. The summed E-state index contributed by atoms with van der Waals surface area (Å²) in [6.45, 7) is 2.57. The van der Waals surface area contributed by atoms with E-state index in [0.29, 0.717) is 18.8 Å². The summed E-state index contributed by atoms with van der Waals surface area (Å²) in [5.74, 6) is 0. The summed E-state index contributed by atoms with van der Waals surface area (Å²) in [6.07, 6.45) is 7.31. The Morgan fingerprint density at radius 1 is 1.47 bits per heavy atom. The highest BCUT2D eigenvalue weighted by atomic mass is 32.2. The van der Waals surface area contributed by atoms with Crippen LogP contribution in [-0.2, 0) is 10.0 Å². The number of nitrogens with two attached hydrogens (primary N) is 1. The molecule has 0 unspecified atom stereocenters. The van der Waals surface area contributed by atoms with Gasteiger partial charge in [0.15, 0.2) is 0 Å². The third-order valence-corrected chi connectivity index (χ3v) is 5.89. The molecule has 2 atom stereocenters. The lowest BCUT2D eigenvalue weighted by molar-refractivity contribution is 0.255. The van der Waals surface area contributed by atoms with Crippen LogP contribution in [0.3, 0.4) is 0 Å². The molecule has 1 fully saturated rings. The van der Waals surface area contributed by atoms with E-state index in [-0.39, 0.29) is 6.04 Å². The Balaban J connectivity index is 2.26. The minimum Gasteiger partial charge on any atom is -0.329 e. The number of piperidine rings is 1. The van der Waals surface area contributed by atoms with Crippen LogP contribution in [0.2, 0.25) is 0 Å². The van der Waals surface area contributed by atoms with Gasteiger partial charge in [-0.15, -0.1) is 0 Å². The van der Waals surface area contributed by atoms with Gasteiger partial charge in [0.05, 0.1) is 5.69 Å². The molecule has 0 saturated carbocycles. The van der Waals surface area contributed by atoms with E-state index in [1.165, 1.54) is 18.6 Å². The normalized spacial score (nSPS) is 23.2. The Labute approximate surface area is 114 Å². The zero-order chi connectivity index (χ0) is 13.9. The molecule has 0 bridgehead atoms. The van der Waals surface area contributed by atoms with Gasteiger partial charge in [-0.3, -0.25) is 9.97 Å². The van der Waals surface area contributed by atoms with Gasteiger partial charge in [-0.05, 0) is 19.8 Å². The predicted molar refractivity (Wildman–Crippen MR) is 72.8 cm³/mol. The van der Waals surface area contributed by atoms with E-state index in [2.05, 4.69) is 9.97 Å². The Hall–Kier alpha value is -1.05. The molecule has 0 amide bonds. The molecule has 2 heterocycles. The molecule has 2 N–H and O–H groups in total. The zero-order valence-electron chi connectivity index (χ0n) is 11.1. The molecule has 1 aromatic heterocycles. The Morgan fingerprint density at radius 3 is 2.89 bits per heavy atom. The maximum Gasteiger partial charge on any atom is 0.222 e. The minimum atomic E-state index is -3.43. The van der Waals surface area contributed by atoms with Crippen molar-refractivity contribution in [2.45, 2.75) is 37.5 Å². The second-order valence-corrected chi connectivity index (χ2v) is 7.02. The van der Waals surface area contributed by atoms with E-state index in [1.54, 1.807) is 11.2 Å². The first-order valence-electron chi connectivity index (χ1n) is 6.54. The van der Waals surface area contributed by atoms with E-state index in [4.69, 9.17) is 5.73 Å². The lowest BCUT2D eigenvalue weighted by Crippen LogP contribution is -2.48. The van der Waals surface area contributed by atoms with Crippen LogP contribution in [0, 0.1) is 0 Å². The summed E-state index contributed by atoms with van der Waals surface area (Å²) in [4.78, 5) is 8.02. The van der Waals surface area contributed by atoms with E-state index >= 15 is 0 Å². The van der Waals surface area contributed by atoms with Crippen molar-refractivity contribution in [2.24, 2.45) is 5.73 Å². The van der Waals surface area contributed by atoms with Crippen LogP contribution in [-0.4, -0.2) is 41.8 Å². The van der Waals surface area contributed by atoms with Crippen LogP contribution in [0.5, 0.6) is 0 Å². The van der Waals surface area contributed by atoms with Crippen molar-refractivity contribution >= 4 is 10.0 Å². The first-order valence-corrected chi connectivity index (χ1v) is 8.04. The van der Waals surface area contributed by atoms with Crippen LogP contribution in [0.25, 0.3) is 0 Å². The summed E-state index contributed by atoms with van der Waals surface area (Å²) >= 11 is 0. The van der Waals surface area contributed by atoms with Crippen LogP contribution >= 0.6 is 0 Å². The second-order valence-electron chi connectivity index (χ2n) is 4.81. The van der Waals surface area contributed by atoms with Gasteiger partial charge in [0, 0.05) is 37.7 Å². The van der Waals surface area contributed by atoms with Gasteiger partial charge in [-0.2, -0.15) is 4.31 Å². The largest absolute Gasteiger partial charge is 0.329 e. The summed E-state index contributed by atoms with van der Waals surface area (Å²) in [7, 11) is -3.43. The average Bonchev–Trinajstić information content (AvgIpc) is 2.47. The minimum absolute atomic E-state index is 0.0853. The van der Waals surface area contributed by atoms with Crippen LogP contribution in [0.15, 0.2) is 18.6 Å². The molecular weight excluding hydrogens is 264 g/mol. The first kappa shape index (κ1) is 14.4. The SMILES string of the molecule is C[C@@H](c1cnccn1)S(=O)(=O)N1CCCC[C@H]1CN. The molecule has 0 aromatic carbocycles. The maximum absolute atomic E-state index is 12.7. The van der Waals surface area contributed by atoms with Gasteiger partial charge in [0.1, 0.15) is 5.25 Å². The summed E-state index contributed by atoms with van der Waals surface area (Å²) in [5, 5.41) is -0.687. The second kappa shape index (κ2) is 5.94. The fraction of sp³-hybridized carbons (Fsp3) is 0.667. The lowest BCUT2D eigenvalue weighted by Gasteiger charge is -2.35. The molecule has 0 aliphatic carbocycles. The fourth-order valence-electron chi connectivity index (χ4n) is 2.42. The van der Waals surface area contributed by atoms with Crippen molar-refractivity contribution < 1.29 is 8.42 Å². The summed E-state index contributed by atoms with van der Waals surface area (Å²) in [5.41, 5.74) is 6.17.